The van der Waals surface area contributed by atoms with Gasteiger partial charge < -0.3 is 19.3 Å². The monoisotopic (exact) mass is 393 g/mol. The van der Waals surface area contributed by atoms with E-state index in [0.29, 0.717) is 11.8 Å². The number of carbonyl (C=O) groups is 1. The minimum absolute atomic E-state index is 0.0244. The highest BCUT2D eigenvalue weighted by Crippen LogP contribution is 2.42. The Morgan fingerprint density at radius 3 is 2.66 bits per heavy atom. The second-order valence-corrected chi connectivity index (χ2v) is 7.92. The molecule has 1 aromatic carbocycles. The third kappa shape index (κ3) is 3.13. The van der Waals surface area contributed by atoms with Crippen LogP contribution in [0.5, 0.6) is 0 Å². The lowest BCUT2D eigenvalue weighted by Gasteiger charge is -2.36. The zero-order valence-electron chi connectivity index (χ0n) is 16.2. The predicted octanol–water partition coefficient (Wildman–Crippen LogP) is 2.06. The van der Waals surface area contributed by atoms with Gasteiger partial charge in [-0.1, -0.05) is 12.1 Å². The summed E-state index contributed by atoms with van der Waals surface area (Å²) in [6.45, 7) is 1.71. The summed E-state index contributed by atoms with van der Waals surface area (Å²) in [7, 11) is 1.33. The summed E-state index contributed by atoms with van der Waals surface area (Å²) in [6.07, 6.45) is 6.19. The number of esters is 1. The van der Waals surface area contributed by atoms with Crippen LogP contribution in [0.25, 0.3) is 11.0 Å². The molecule has 0 amide bonds. The zero-order chi connectivity index (χ0) is 20.0. The Hall–Kier alpha value is -3.00. The van der Waals surface area contributed by atoms with Crippen molar-refractivity contribution >= 4 is 22.8 Å². The molecule has 0 spiro atoms. The molecule has 3 aromatic rings. The number of carbonyl (C=O) groups excluding carboxylic acids is 1. The number of imidazole rings is 1. The Kier molecular flexibility index (Phi) is 4.43. The van der Waals surface area contributed by atoms with E-state index in [1.165, 1.54) is 13.3 Å². The van der Waals surface area contributed by atoms with Gasteiger partial charge in [0.2, 0.25) is 0 Å². The Morgan fingerprint density at radius 1 is 1.10 bits per heavy atom. The van der Waals surface area contributed by atoms with Gasteiger partial charge in [-0.25, -0.2) is 19.7 Å². The molecule has 0 unspecified atom stereocenters. The van der Waals surface area contributed by atoms with E-state index < -0.39 is 12.1 Å². The van der Waals surface area contributed by atoms with Crippen LogP contribution in [0.1, 0.15) is 29.4 Å². The van der Waals surface area contributed by atoms with Crippen LogP contribution in [0.4, 0.5) is 5.82 Å². The SMILES string of the molecule is COC(=O)c1cnc(N2C[C@H]3C[C@@H](n4cnc5ccccc54)[C@H](O)C[C@H]3C2)cn1. The molecule has 2 aliphatic rings. The van der Waals surface area contributed by atoms with E-state index >= 15 is 0 Å². The first-order valence-electron chi connectivity index (χ1n) is 9.89. The minimum Gasteiger partial charge on any atom is -0.464 e. The first-order chi connectivity index (χ1) is 14.1. The lowest BCUT2D eigenvalue weighted by atomic mass is 9.77. The fraction of sp³-hybridized carbons (Fsp3) is 0.429. The number of fused-ring (bicyclic) bond motifs is 2. The molecule has 1 saturated carbocycles. The molecule has 4 atom stereocenters. The number of hydrogen-bond donors (Lipinski definition) is 1. The van der Waals surface area contributed by atoms with E-state index in [1.807, 2.05) is 24.5 Å². The van der Waals surface area contributed by atoms with Gasteiger partial charge >= 0.3 is 5.97 Å². The summed E-state index contributed by atoms with van der Waals surface area (Å²) in [6, 6.07) is 8.07. The summed E-state index contributed by atoms with van der Waals surface area (Å²) < 4.78 is 6.81. The van der Waals surface area contributed by atoms with Gasteiger partial charge in [0, 0.05) is 13.1 Å². The number of aliphatic hydroxyl groups is 1. The molecule has 8 nitrogen and oxygen atoms in total. The van der Waals surface area contributed by atoms with Gasteiger partial charge in [0.05, 0.1) is 49.0 Å². The number of aromatic nitrogens is 4. The van der Waals surface area contributed by atoms with Crippen LogP contribution in [0.2, 0.25) is 0 Å². The molecule has 1 aliphatic carbocycles. The molecule has 1 aliphatic heterocycles. The van der Waals surface area contributed by atoms with E-state index in [-0.39, 0.29) is 11.7 Å². The van der Waals surface area contributed by atoms with Crippen molar-refractivity contribution in [1.29, 1.82) is 0 Å². The van der Waals surface area contributed by atoms with Crippen LogP contribution in [-0.4, -0.2) is 56.9 Å². The van der Waals surface area contributed by atoms with Crippen LogP contribution in [0.3, 0.4) is 0 Å². The largest absolute Gasteiger partial charge is 0.464 e. The molecule has 29 heavy (non-hydrogen) atoms. The molecule has 2 fully saturated rings. The Bertz CT molecular complexity index is 1030. The van der Waals surface area contributed by atoms with Gasteiger partial charge in [0.1, 0.15) is 5.82 Å². The number of para-hydroxylation sites is 2. The minimum atomic E-state index is -0.488. The number of hydrogen-bond acceptors (Lipinski definition) is 7. The molecule has 0 bridgehead atoms. The highest BCUT2D eigenvalue weighted by molar-refractivity contribution is 5.86. The second-order valence-electron chi connectivity index (χ2n) is 7.92. The maximum absolute atomic E-state index is 11.6. The van der Waals surface area contributed by atoms with Crippen LogP contribution < -0.4 is 4.90 Å². The third-order valence-electron chi connectivity index (χ3n) is 6.30. The van der Waals surface area contributed by atoms with Crippen molar-refractivity contribution in [2.24, 2.45) is 11.8 Å². The summed E-state index contributed by atoms with van der Waals surface area (Å²) in [4.78, 5) is 26.8. The number of nitrogens with zero attached hydrogens (tertiary/aromatic N) is 5. The van der Waals surface area contributed by atoms with Crippen molar-refractivity contribution < 1.29 is 14.6 Å². The summed E-state index contributed by atoms with van der Waals surface area (Å²) in [5, 5.41) is 10.9. The maximum atomic E-state index is 11.6. The van der Waals surface area contributed by atoms with Crippen LogP contribution >= 0.6 is 0 Å². The Morgan fingerprint density at radius 2 is 1.90 bits per heavy atom. The highest BCUT2D eigenvalue weighted by Gasteiger charge is 2.43. The number of ether oxygens (including phenoxy) is 1. The lowest BCUT2D eigenvalue weighted by molar-refractivity contribution is 0.0375. The molecular weight excluding hydrogens is 370 g/mol. The molecule has 150 valence electrons. The van der Waals surface area contributed by atoms with E-state index in [9.17, 15) is 9.90 Å². The highest BCUT2D eigenvalue weighted by atomic mass is 16.5. The molecular formula is C21H23N5O3. The molecule has 2 aromatic heterocycles. The molecule has 3 heterocycles. The summed E-state index contributed by atoms with van der Waals surface area (Å²) in [5.74, 6) is 1.15. The number of aliphatic hydroxyl groups excluding tert-OH is 1. The van der Waals surface area contributed by atoms with Crippen LogP contribution in [0.15, 0.2) is 43.0 Å². The van der Waals surface area contributed by atoms with Gasteiger partial charge in [-0.2, -0.15) is 0 Å². The van der Waals surface area contributed by atoms with Crippen molar-refractivity contribution in [2.75, 3.05) is 25.1 Å². The predicted molar refractivity (Wildman–Crippen MR) is 107 cm³/mol. The van der Waals surface area contributed by atoms with Crippen molar-refractivity contribution in [3.8, 4) is 0 Å². The quantitative estimate of drug-likeness (QED) is 0.681. The first-order valence-corrected chi connectivity index (χ1v) is 9.89. The van der Waals surface area contributed by atoms with Crippen molar-refractivity contribution in [2.45, 2.75) is 25.0 Å². The van der Waals surface area contributed by atoms with Crippen molar-refractivity contribution in [3.05, 3.63) is 48.7 Å². The van der Waals surface area contributed by atoms with Crippen LogP contribution in [-0.2, 0) is 4.74 Å². The Labute approximate surface area is 168 Å². The average Bonchev–Trinajstić information content (AvgIpc) is 3.36. The fourth-order valence-electron chi connectivity index (χ4n) is 4.83. The van der Waals surface area contributed by atoms with E-state index in [4.69, 9.17) is 0 Å². The zero-order valence-corrected chi connectivity index (χ0v) is 16.2. The van der Waals surface area contributed by atoms with E-state index in [0.717, 1.165) is 42.8 Å². The molecule has 1 saturated heterocycles. The smallest absolute Gasteiger partial charge is 0.358 e. The first kappa shape index (κ1) is 18.1. The molecule has 5 rings (SSSR count). The van der Waals surface area contributed by atoms with Gasteiger partial charge in [0.15, 0.2) is 5.69 Å². The maximum Gasteiger partial charge on any atom is 0.358 e. The lowest BCUT2D eigenvalue weighted by Crippen LogP contribution is -2.36. The van der Waals surface area contributed by atoms with Gasteiger partial charge in [0.25, 0.3) is 0 Å². The van der Waals surface area contributed by atoms with Gasteiger partial charge in [-0.15, -0.1) is 0 Å². The number of rotatable bonds is 3. The van der Waals surface area contributed by atoms with Gasteiger partial charge in [-0.3, -0.25) is 0 Å². The normalized spacial score (nSPS) is 26.5. The van der Waals surface area contributed by atoms with Crippen molar-refractivity contribution in [3.63, 3.8) is 0 Å². The average molecular weight is 393 g/mol. The van der Waals surface area contributed by atoms with E-state index in [1.54, 1.807) is 6.20 Å². The summed E-state index contributed by atoms with van der Waals surface area (Å²) in [5.41, 5.74) is 2.22. The fourth-order valence-corrected chi connectivity index (χ4v) is 4.83. The van der Waals surface area contributed by atoms with Crippen molar-refractivity contribution in [1.82, 2.24) is 19.5 Å². The summed E-state index contributed by atoms with van der Waals surface area (Å²) >= 11 is 0. The topological polar surface area (TPSA) is 93.4 Å². The molecule has 0 radical (unpaired) electrons. The standard InChI is InChI=1S/C21H23N5O3/c1-29-21(28)16-8-23-20(9-22-16)25-10-13-6-18(19(27)7-14(13)11-25)26-12-24-15-4-2-3-5-17(15)26/h2-5,8-9,12-14,18-19,27H,6-7,10-11H2,1H3/t13-,14+,18-,19-/m1/s1. The third-order valence-corrected chi connectivity index (χ3v) is 6.30. The Balaban J connectivity index is 1.34. The number of methoxy groups -OCH3 is 1. The van der Waals surface area contributed by atoms with Crippen LogP contribution in [0, 0.1) is 11.8 Å². The molecule has 1 N–H and O–H groups in total. The molecule has 8 heteroatoms. The van der Waals surface area contributed by atoms with E-state index in [2.05, 4.69) is 35.2 Å². The number of anilines is 1. The van der Waals surface area contributed by atoms with Gasteiger partial charge in [-0.05, 0) is 36.8 Å². The second kappa shape index (κ2) is 7.11. The number of benzene rings is 1.